The Kier molecular flexibility index (Phi) is 2.25. The van der Waals surface area contributed by atoms with E-state index in [0.29, 0.717) is 5.41 Å². The smallest absolute Gasteiger partial charge is 0.0169 e. The normalized spacial score (nSPS) is 36.5. The second kappa shape index (κ2) is 3.15. The first kappa shape index (κ1) is 9.30. The van der Waals surface area contributed by atoms with Gasteiger partial charge in [0.1, 0.15) is 0 Å². The van der Waals surface area contributed by atoms with Crippen molar-refractivity contribution in [3.63, 3.8) is 0 Å². The minimum absolute atomic E-state index is 0.694. The van der Waals surface area contributed by atoms with Gasteiger partial charge in [0.2, 0.25) is 0 Å². The predicted molar refractivity (Wildman–Crippen MR) is 57.6 cm³/mol. The molecule has 13 heavy (non-hydrogen) atoms. The molecular weight excluding hydrogens is 156 g/mol. The van der Waals surface area contributed by atoms with Gasteiger partial charge in [-0.2, -0.15) is 0 Å². The number of rotatable bonds is 2. The molecule has 0 heterocycles. The fourth-order valence-electron chi connectivity index (χ4n) is 3.08. The Morgan fingerprint density at radius 1 is 1.46 bits per heavy atom. The van der Waals surface area contributed by atoms with Gasteiger partial charge in [0, 0.05) is 0 Å². The summed E-state index contributed by atoms with van der Waals surface area (Å²) in [4.78, 5) is 0. The van der Waals surface area contributed by atoms with Gasteiger partial charge in [0.05, 0.1) is 0 Å². The minimum atomic E-state index is 0.694. The van der Waals surface area contributed by atoms with Crippen LogP contribution < -0.4 is 0 Å². The van der Waals surface area contributed by atoms with Crippen molar-refractivity contribution in [1.82, 2.24) is 0 Å². The zero-order valence-electron chi connectivity index (χ0n) is 9.27. The van der Waals surface area contributed by atoms with E-state index in [4.69, 9.17) is 0 Å². The average molecular weight is 178 g/mol. The van der Waals surface area contributed by atoms with E-state index in [0.717, 1.165) is 11.8 Å². The van der Waals surface area contributed by atoms with Crippen LogP contribution in [-0.4, -0.2) is 0 Å². The molecule has 0 saturated heterocycles. The van der Waals surface area contributed by atoms with Crippen LogP contribution >= 0.6 is 0 Å². The number of allylic oxidation sites excluding steroid dienone is 2. The Labute approximate surface area is 82.4 Å². The van der Waals surface area contributed by atoms with Gasteiger partial charge in [-0.05, 0) is 49.9 Å². The quantitative estimate of drug-likeness (QED) is 0.557. The molecule has 2 aliphatic rings. The number of hydrogen-bond acceptors (Lipinski definition) is 0. The van der Waals surface area contributed by atoms with E-state index in [1.54, 1.807) is 5.57 Å². The fourth-order valence-corrected chi connectivity index (χ4v) is 3.08. The van der Waals surface area contributed by atoms with Crippen LogP contribution in [0.2, 0.25) is 0 Å². The molecule has 0 nitrogen and oxygen atoms in total. The molecule has 0 N–H and O–H groups in total. The van der Waals surface area contributed by atoms with E-state index < -0.39 is 0 Å². The third-order valence-electron chi connectivity index (χ3n) is 4.79. The first-order valence-electron chi connectivity index (χ1n) is 5.82. The Balaban J connectivity index is 2.00. The third kappa shape index (κ3) is 1.35. The lowest BCUT2D eigenvalue weighted by atomic mass is 9.55. The summed E-state index contributed by atoms with van der Waals surface area (Å²) in [6.07, 6.45) is 9.60. The summed E-state index contributed by atoms with van der Waals surface area (Å²) in [5, 5.41) is 0. The maximum atomic E-state index is 2.49. The van der Waals surface area contributed by atoms with Crippen LogP contribution in [0.3, 0.4) is 0 Å². The third-order valence-corrected chi connectivity index (χ3v) is 4.79. The highest BCUT2D eigenvalue weighted by molar-refractivity contribution is 5.17. The van der Waals surface area contributed by atoms with E-state index in [1.807, 2.05) is 0 Å². The highest BCUT2D eigenvalue weighted by Gasteiger charge is 2.43. The summed E-state index contributed by atoms with van der Waals surface area (Å²) in [5.41, 5.74) is 2.43. The van der Waals surface area contributed by atoms with Crippen molar-refractivity contribution in [1.29, 1.82) is 0 Å². The largest absolute Gasteiger partial charge is 0.0882 e. The lowest BCUT2D eigenvalue weighted by molar-refractivity contribution is 0.0384. The fraction of sp³-hybridized carbons (Fsp3) is 0.846. The summed E-state index contributed by atoms with van der Waals surface area (Å²) in [6, 6.07) is 0. The van der Waals surface area contributed by atoms with Gasteiger partial charge in [-0.3, -0.25) is 0 Å². The van der Waals surface area contributed by atoms with Crippen LogP contribution in [0.25, 0.3) is 0 Å². The molecule has 0 aromatic carbocycles. The molecule has 0 aromatic heterocycles. The van der Waals surface area contributed by atoms with Crippen LogP contribution in [0.15, 0.2) is 11.6 Å². The molecule has 0 aliphatic heterocycles. The van der Waals surface area contributed by atoms with Gasteiger partial charge in [-0.1, -0.05) is 31.9 Å². The van der Waals surface area contributed by atoms with Crippen molar-refractivity contribution in [3.8, 4) is 0 Å². The summed E-state index contributed by atoms with van der Waals surface area (Å²) in [5.74, 6) is 1.87. The standard InChI is InChI=1S/C13H22/c1-4-11-6-7-12(11)10(2)13(3)8-5-9-13/h4,10,12H,5-9H2,1-3H3. The predicted octanol–water partition coefficient (Wildman–Crippen LogP) is 4.17. The van der Waals surface area contributed by atoms with Crippen LogP contribution in [0, 0.1) is 17.3 Å². The Bertz CT molecular complexity index is 220. The summed E-state index contributed by atoms with van der Waals surface area (Å²) in [6.45, 7) is 7.18. The van der Waals surface area contributed by atoms with Crippen LogP contribution in [0.5, 0.6) is 0 Å². The molecule has 2 aliphatic carbocycles. The zero-order chi connectivity index (χ0) is 9.47. The average Bonchev–Trinajstić information content (AvgIpc) is 1.99. The summed E-state index contributed by atoms with van der Waals surface area (Å²) >= 11 is 0. The van der Waals surface area contributed by atoms with Gasteiger partial charge in [0.25, 0.3) is 0 Å². The Hall–Kier alpha value is -0.260. The van der Waals surface area contributed by atoms with Gasteiger partial charge < -0.3 is 0 Å². The zero-order valence-corrected chi connectivity index (χ0v) is 9.27. The van der Waals surface area contributed by atoms with Gasteiger partial charge >= 0.3 is 0 Å². The SMILES string of the molecule is CC=C1CCC1C(C)C1(C)CCC1. The molecule has 0 radical (unpaired) electrons. The topological polar surface area (TPSA) is 0 Å². The van der Waals surface area contributed by atoms with E-state index in [9.17, 15) is 0 Å². The van der Waals surface area contributed by atoms with Crippen LogP contribution in [0.1, 0.15) is 52.9 Å². The second-order valence-corrected chi connectivity index (χ2v) is 5.31. The first-order chi connectivity index (χ1) is 6.17. The summed E-state index contributed by atoms with van der Waals surface area (Å²) in [7, 11) is 0. The minimum Gasteiger partial charge on any atom is -0.0882 e. The molecule has 2 unspecified atom stereocenters. The van der Waals surface area contributed by atoms with Crippen molar-refractivity contribution >= 4 is 0 Å². The molecule has 0 aromatic rings. The maximum absolute atomic E-state index is 2.49. The molecule has 2 fully saturated rings. The highest BCUT2D eigenvalue weighted by atomic mass is 14.5. The van der Waals surface area contributed by atoms with Crippen molar-refractivity contribution in [2.75, 3.05) is 0 Å². The second-order valence-electron chi connectivity index (χ2n) is 5.31. The lowest BCUT2D eigenvalue weighted by Gasteiger charge is -2.50. The molecule has 0 heteroatoms. The first-order valence-corrected chi connectivity index (χ1v) is 5.82. The summed E-state index contributed by atoms with van der Waals surface area (Å²) < 4.78 is 0. The molecular formula is C13H22. The van der Waals surface area contributed by atoms with Gasteiger partial charge in [-0.15, -0.1) is 0 Å². The van der Waals surface area contributed by atoms with Crippen LogP contribution in [0.4, 0.5) is 0 Å². The van der Waals surface area contributed by atoms with Crippen molar-refractivity contribution in [2.45, 2.75) is 52.9 Å². The van der Waals surface area contributed by atoms with Crippen LogP contribution in [-0.2, 0) is 0 Å². The van der Waals surface area contributed by atoms with E-state index in [-0.39, 0.29) is 0 Å². The van der Waals surface area contributed by atoms with Gasteiger partial charge in [-0.25, -0.2) is 0 Å². The van der Waals surface area contributed by atoms with Crippen molar-refractivity contribution in [3.05, 3.63) is 11.6 Å². The molecule has 2 atom stereocenters. The maximum Gasteiger partial charge on any atom is -0.0169 e. The lowest BCUT2D eigenvalue weighted by Crippen LogP contribution is -2.40. The monoisotopic (exact) mass is 178 g/mol. The van der Waals surface area contributed by atoms with E-state index in [2.05, 4.69) is 26.8 Å². The van der Waals surface area contributed by atoms with E-state index >= 15 is 0 Å². The Morgan fingerprint density at radius 3 is 2.46 bits per heavy atom. The molecule has 2 rings (SSSR count). The van der Waals surface area contributed by atoms with Crippen molar-refractivity contribution in [2.24, 2.45) is 17.3 Å². The molecule has 0 bridgehead atoms. The molecule has 2 saturated carbocycles. The Morgan fingerprint density at radius 2 is 2.15 bits per heavy atom. The number of hydrogen-bond donors (Lipinski definition) is 0. The van der Waals surface area contributed by atoms with Crippen molar-refractivity contribution < 1.29 is 0 Å². The van der Waals surface area contributed by atoms with E-state index in [1.165, 1.54) is 32.1 Å². The molecule has 0 amide bonds. The molecule has 74 valence electrons. The van der Waals surface area contributed by atoms with Gasteiger partial charge in [0.15, 0.2) is 0 Å². The molecule has 0 spiro atoms. The highest BCUT2D eigenvalue weighted by Crippen LogP contribution is 2.54.